The second kappa shape index (κ2) is 9.34. The molecule has 9 heteroatoms. The summed E-state index contributed by atoms with van der Waals surface area (Å²) >= 11 is 13.0. The van der Waals surface area contributed by atoms with E-state index in [1.165, 1.54) is 5.01 Å². The van der Waals surface area contributed by atoms with Gasteiger partial charge in [0.1, 0.15) is 0 Å². The van der Waals surface area contributed by atoms with E-state index in [4.69, 9.17) is 23.2 Å². The Bertz CT molecular complexity index is 975. The van der Waals surface area contributed by atoms with Crippen LogP contribution >= 0.6 is 34.5 Å². The fraction of sp³-hybridized carbons (Fsp3) is 0.211. The third-order valence-electron chi connectivity index (χ3n) is 3.98. The quantitative estimate of drug-likeness (QED) is 0.419. The standard InChI is InChI=1S/C19H17Cl2N3O3S/c20-8-10-23(11-9-21)24(18(25)13-4-2-1-3-5-13)14-6-7-16-15(12-14)22-17(28-16)19(26)27/h1-7,12H,8-11H2,(H,26,27). The van der Waals surface area contributed by atoms with Crippen molar-refractivity contribution in [3.63, 3.8) is 0 Å². The minimum atomic E-state index is -1.08. The van der Waals surface area contributed by atoms with Crippen LogP contribution in [0.2, 0.25) is 0 Å². The van der Waals surface area contributed by atoms with E-state index in [0.29, 0.717) is 41.6 Å². The molecule has 1 aromatic heterocycles. The highest BCUT2D eigenvalue weighted by molar-refractivity contribution is 7.20. The zero-order valence-electron chi connectivity index (χ0n) is 14.7. The lowest BCUT2D eigenvalue weighted by atomic mass is 10.2. The van der Waals surface area contributed by atoms with Gasteiger partial charge in [-0.05, 0) is 30.3 Å². The van der Waals surface area contributed by atoms with Gasteiger partial charge in [-0.1, -0.05) is 18.2 Å². The van der Waals surface area contributed by atoms with Crippen molar-refractivity contribution >= 4 is 62.3 Å². The van der Waals surface area contributed by atoms with Crippen molar-refractivity contribution in [2.45, 2.75) is 0 Å². The minimum Gasteiger partial charge on any atom is -0.476 e. The average Bonchev–Trinajstić information content (AvgIpc) is 3.13. The number of hydrazine groups is 1. The third-order valence-corrected chi connectivity index (χ3v) is 5.34. The summed E-state index contributed by atoms with van der Waals surface area (Å²) < 4.78 is 0.731. The van der Waals surface area contributed by atoms with Gasteiger partial charge in [0.25, 0.3) is 5.91 Å². The number of carboxylic acids is 1. The molecule has 1 amide bonds. The molecule has 28 heavy (non-hydrogen) atoms. The Morgan fingerprint density at radius 3 is 2.32 bits per heavy atom. The lowest BCUT2D eigenvalue weighted by Crippen LogP contribution is -2.48. The lowest BCUT2D eigenvalue weighted by molar-refractivity contribution is 0.0696. The van der Waals surface area contributed by atoms with E-state index in [9.17, 15) is 14.7 Å². The Labute approximate surface area is 175 Å². The highest BCUT2D eigenvalue weighted by Gasteiger charge is 2.25. The van der Waals surface area contributed by atoms with Crippen molar-refractivity contribution < 1.29 is 14.7 Å². The molecule has 2 aromatic carbocycles. The molecule has 0 fully saturated rings. The zero-order valence-corrected chi connectivity index (χ0v) is 17.0. The number of carbonyl (C=O) groups is 2. The molecule has 0 spiro atoms. The van der Waals surface area contributed by atoms with Gasteiger partial charge in [-0.15, -0.1) is 34.5 Å². The molecular formula is C19H17Cl2N3O3S. The number of nitrogens with zero attached hydrogens (tertiary/aromatic N) is 3. The number of anilines is 1. The second-order valence-electron chi connectivity index (χ2n) is 5.79. The van der Waals surface area contributed by atoms with Gasteiger partial charge in [-0.25, -0.2) is 19.8 Å². The molecule has 0 aliphatic carbocycles. The van der Waals surface area contributed by atoms with Crippen LogP contribution in [-0.4, -0.2) is 51.8 Å². The van der Waals surface area contributed by atoms with Crippen molar-refractivity contribution in [1.82, 2.24) is 9.99 Å². The van der Waals surface area contributed by atoms with Crippen LogP contribution in [0.25, 0.3) is 10.2 Å². The lowest BCUT2D eigenvalue weighted by Gasteiger charge is -2.34. The molecule has 3 rings (SSSR count). The summed E-state index contributed by atoms with van der Waals surface area (Å²) in [7, 11) is 0. The van der Waals surface area contributed by atoms with E-state index >= 15 is 0 Å². The van der Waals surface area contributed by atoms with Crippen LogP contribution in [0, 0.1) is 0 Å². The van der Waals surface area contributed by atoms with Gasteiger partial charge < -0.3 is 5.11 Å². The molecule has 146 valence electrons. The van der Waals surface area contributed by atoms with Crippen LogP contribution in [0.1, 0.15) is 20.2 Å². The molecule has 3 aromatic rings. The number of amides is 1. The number of aromatic nitrogens is 1. The fourth-order valence-electron chi connectivity index (χ4n) is 2.76. The van der Waals surface area contributed by atoms with E-state index < -0.39 is 5.97 Å². The number of carbonyl (C=O) groups excluding carboxylic acids is 1. The maximum atomic E-state index is 13.3. The zero-order chi connectivity index (χ0) is 20.1. The first-order valence-electron chi connectivity index (χ1n) is 8.45. The Morgan fingerprint density at radius 2 is 1.71 bits per heavy atom. The molecular weight excluding hydrogens is 421 g/mol. The normalized spacial score (nSPS) is 11.1. The number of carboxylic acid groups (broad SMARTS) is 1. The van der Waals surface area contributed by atoms with Crippen LogP contribution in [0.5, 0.6) is 0 Å². The molecule has 0 unspecified atom stereocenters. The van der Waals surface area contributed by atoms with Crippen LogP contribution in [0.15, 0.2) is 48.5 Å². The van der Waals surface area contributed by atoms with E-state index in [2.05, 4.69) is 4.98 Å². The van der Waals surface area contributed by atoms with E-state index in [-0.39, 0.29) is 10.9 Å². The monoisotopic (exact) mass is 437 g/mol. The molecule has 6 nitrogen and oxygen atoms in total. The summed E-state index contributed by atoms with van der Waals surface area (Å²) in [4.78, 5) is 28.6. The molecule has 0 saturated carbocycles. The summed E-state index contributed by atoms with van der Waals surface area (Å²) in [6, 6.07) is 14.1. The van der Waals surface area contributed by atoms with Crippen molar-refractivity contribution in [2.75, 3.05) is 29.9 Å². The molecule has 0 aliphatic rings. The topological polar surface area (TPSA) is 73.7 Å². The molecule has 0 radical (unpaired) electrons. The Balaban J connectivity index is 2.08. The first-order valence-corrected chi connectivity index (χ1v) is 10.3. The van der Waals surface area contributed by atoms with Gasteiger partial charge in [0.05, 0.1) is 15.9 Å². The van der Waals surface area contributed by atoms with Gasteiger partial charge in [0.15, 0.2) is 0 Å². The number of halogens is 2. The summed E-state index contributed by atoms with van der Waals surface area (Å²) in [6.45, 7) is 0.838. The number of thiazole rings is 1. The van der Waals surface area contributed by atoms with Gasteiger partial charge in [-0.3, -0.25) is 4.79 Å². The van der Waals surface area contributed by atoms with Gasteiger partial charge in [-0.2, -0.15) is 0 Å². The fourth-order valence-corrected chi connectivity index (χ4v) is 3.93. The molecule has 0 aliphatic heterocycles. The smallest absolute Gasteiger partial charge is 0.365 e. The summed E-state index contributed by atoms with van der Waals surface area (Å²) in [5.41, 5.74) is 1.60. The van der Waals surface area contributed by atoms with Crippen LogP contribution in [0.3, 0.4) is 0 Å². The number of rotatable bonds is 8. The first kappa shape index (κ1) is 20.5. The van der Waals surface area contributed by atoms with Crippen LogP contribution < -0.4 is 5.01 Å². The summed E-state index contributed by atoms with van der Waals surface area (Å²) in [5.74, 6) is -0.676. The van der Waals surface area contributed by atoms with Crippen LogP contribution in [-0.2, 0) is 0 Å². The molecule has 1 N–H and O–H groups in total. The van der Waals surface area contributed by atoms with Crippen molar-refractivity contribution in [2.24, 2.45) is 0 Å². The maximum Gasteiger partial charge on any atom is 0.365 e. The Morgan fingerprint density at radius 1 is 1.04 bits per heavy atom. The number of hydrogen-bond donors (Lipinski definition) is 1. The molecule has 0 bridgehead atoms. The highest BCUT2D eigenvalue weighted by Crippen LogP contribution is 2.28. The third kappa shape index (κ3) is 4.44. The average molecular weight is 438 g/mol. The Hall–Kier alpha value is -2.19. The maximum absolute atomic E-state index is 13.3. The largest absolute Gasteiger partial charge is 0.476 e. The second-order valence-corrected chi connectivity index (χ2v) is 7.58. The van der Waals surface area contributed by atoms with Gasteiger partial charge in [0, 0.05) is 30.4 Å². The number of alkyl halides is 2. The van der Waals surface area contributed by atoms with Gasteiger partial charge >= 0.3 is 5.97 Å². The summed E-state index contributed by atoms with van der Waals surface area (Å²) in [6.07, 6.45) is 0. The number of fused-ring (bicyclic) bond motifs is 1. The molecule has 0 atom stereocenters. The number of hydrogen-bond acceptors (Lipinski definition) is 5. The first-order chi connectivity index (χ1) is 13.5. The SMILES string of the molecule is O=C(O)c1nc2cc(N(C(=O)c3ccccc3)N(CCCl)CCCl)ccc2s1. The molecule has 0 saturated heterocycles. The minimum absolute atomic E-state index is 0.00598. The Kier molecular flexibility index (Phi) is 6.85. The number of benzene rings is 2. The van der Waals surface area contributed by atoms with E-state index in [0.717, 1.165) is 16.0 Å². The highest BCUT2D eigenvalue weighted by atomic mass is 35.5. The van der Waals surface area contributed by atoms with E-state index in [1.54, 1.807) is 47.5 Å². The summed E-state index contributed by atoms with van der Waals surface area (Å²) in [5, 5.41) is 12.5. The van der Waals surface area contributed by atoms with Gasteiger partial charge in [0.2, 0.25) is 5.01 Å². The van der Waals surface area contributed by atoms with E-state index in [1.807, 2.05) is 6.07 Å². The predicted octanol–water partition coefficient (Wildman–Crippen LogP) is 4.34. The van der Waals surface area contributed by atoms with Crippen molar-refractivity contribution in [3.8, 4) is 0 Å². The van der Waals surface area contributed by atoms with Crippen LogP contribution in [0.4, 0.5) is 5.69 Å². The predicted molar refractivity (Wildman–Crippen MR) is 113 cm³/mol. The van der Waals surface area contributed by atoms with Crippen molar-refractivity contribution in [3.05, 3.63) is 59.1 Å². The van der Waals surface area contributed by atoms with Crippen molar-refractivity contribution in [1.29, 1.82) is 0 Å². The number of aromatic carboxylic acids is 1. The molecule has 1 heterocycles.